The molecule has 18 heavy (non-hydrogen) atoms. The Labute approximate surface area is 117 Å². The molecule has 1 unspecified atom stereocenters. The molecule has 0 spiro atoms. The van der Waals surface area contributed by atoms with E-state index in [4.69, 9.17) is 5.11 Å². The summed E-state index contributed by atoms with van der Waals surface area (Å²) in [5, 5.41) is 12.2. The summed E-state index contributed by atoms with van der Waals surface area (Å²) in [4.78, 5) is 12.3. The van der Waals surface area contributed by atoms with Crippen LogP contribution in [0.5, 0.6) is 0 Å². The maximum Gasteiger partial charge on any atom is 0.320 e. The highest BCUT2D eigenvalue weighted by molar-refractivity contribution is 7.98. The van der Waals surface area contributed by atoms with Gasteiger partial charge in [-0.2, -0.15) is 11.8 Å². The zero-order valence-electron chi connectivity index (χ0n) is 10.7. The molecule has 3 nitrogen and oxygen atoms in total. The molecule has 0 amide bonds. The van der Waals surface area contributed by atoms with Crippen molar-refractivity contribution < 1.29 is 9.90 Å². The van der Waals surface area contributed by atoms with Crippen molar-refractivity contribution in [1.29, 1.82) is 0 Å². The fraction of sp³-hybridized carbons (Fsp3) is 0.462. The molecular formula is C13H19NO2S2. The monoisotopic (exact) mass is 285 g/mol. The van der Waals surface area contributed by atoms with E-state index in [2.05, 4.69) is 17.4 Å². The van der Waals surface area contributed by atoms with Gasteiger partial charge in [-0.05, 0) is 42.4 Å². The molecule has 2 N–H and O–H groups in total. The van der Waals surface area contributed by atoms with Crippen molar-refractivity contribution >= 4 is 29.5 Å². The van der Waals surface area contributed by atoms with E-state index in [-0.39, 0.29) is 0 Å². The summed E-state index contributed by atoms with van der Waals surface area (Å²) in [5.41, 5.74) is 1.11. The smallest absolute Gasteiger partial charge is 0.320 e. The Morgan fingerprint density at radius 1 is 1.33 bits per heavy atom. The maximum absolute atomic E-state index is 11.1. The summed E-state index contributed by atoms with van der Waals surface area (Å²) in [5.74, 6) is 0.0832. The highest BCUT2D eigenvalue weighted by atomic mass is 32.2. The highest BCUT2D eigenvalue weighted by Gasteiger charge is 2.15. The average molecular weight is 285 g/mol. The zero-order chi connectivity index (χ0) is 13.4. The van der Waals surface area contributed by atoms with Crippen LogP contribution in [0.3, 0.4) is 0 Å². The standard InChI is InChI=1S/C13H19NO2S2/c1-17-8-7-12(13(15)16)14-9-10-3-5-11(18-2)6-4-10/h3-6,12,14H,7-9H2,1-2H3,(H,15,16). The summed E-state index contributed by atoms with van der Waals surface area (Å²) in [6.07, 6.45) is 4.68. The van der Waals surface area contributed by atoms with Crippen LogP contribution >= 0.6 is 23.5 Å². The van der Waals surface area contributed by atoms with Gasteiger partial charge in [-0.15, -0.1) is 11.8 Å². The molecule has 0 aliphatic rings. The number of carboxylic acid groups (broad SMARTS) is 1. The molecule has 0 aliphatic carbocycles. The third kappa shape index (κ3) is 5.33. The van der Waals surface area contributed by atoms with Crippen LogP contribution in [0.4, 0.5) is 0 Å². The van der Waals surface area contributed by atoms with Crippen LogP contribution < -0.4 is 5.32 Å². The maximum atomic E-state index is 11.1. The first-order chi connectivity index (χ1) is 8.67. The lowest BCUT2D eigenvalue weighted by Crippen LogP contribution is -2.36. The van der Waals surface area contributed by atoms with E-state index < -0.39 is 12.0 Å². The molecule has 0 radical (unpaired) electrons. The van der Waals surface area contributed by atoms with E-state index in [9.17, 15) is 4.79 Å². The van der Waals surface area contributed by atoms with Crippen molar-refractivity contribution in [1.82, 2.24) is 5.32 Å². The number of rotatable bonds is 8. The molecule has 100 valence electrons. The number of thioether (sulfide) groups is 2. The van der Waals surface area contributed by atoms with Gasteiger partial charge >= 0.3 is 5.97 Å². The van der Waals surface area contributed by atoms with Crippen LogP contribution in [0.15, 0.2) is 29.2 Å². The SMILES string of the molecule is CSCCC(NCc1ccc(SC)cc1)C(=O)O. The van der Waals surface area contributed by atoms with Crippen molar-refractivity contribution in [2.24, 2.45) is 0 Å². The lowest BCUT2D eigenvalue weighted by Gasteiger charge is -2.14. The second-order valence-corrected chi connectivity index (χ2v) is 5.77. The van der Waals surface area contributed by atoms with E-state index in [1.165, 1.54) is 4.90 Å². The number of hydrogen-bond acceptors (Lipinski definition) is 4. The minimum Gasteiger partial charge on any atom is -0.480 e. The predicted octanol–water partition coefficient (Wildman–Crippen LogP) is 2.70. The van der Waals surface area contributed by atoms with Gasteiger partial charge in [0.15, 0.2) is 0 Å². The first-order valence-corrected chi connectivity index (χ1v) is 8.37. The van der Waals surface area contributed by atoms with E-state index in [0.29, 0.717) is 13.0 Å². The van der Waals surface area contributed by atoms with E-state index in [1.54, 1.807) is 23.5 Å². The fourth-order valence-electron chi connectivity index (χ4n) is 1.53. The van der Waals surface area contributed by atoms with Crippen LogP contribution in [0.25, 0.3) is 0 Å². The molecule has 0 aromatic heterocycles. The number of carbonyl (C=O) groups is 1. The molecule has 1 atom stereocenters. The molecule has 1 rings (SSSR count). The van der Waals surface area contributed by atoms with E-state index >= 15 is 0 Å². The van der Waals surface area contributed by atoms with Gasteiger partial charge in [0.25, 0.3) is 0 Å². The summed E-state index contributed by atoms with van der Waals surface area (Å²) >= 11 is 3.37. The third-order valence-electron chi connectivity index (χ3n) is 2.62. The van der Waals surface area contributed by atoms with Crippen molar-refractivity contribution in [2.75, 3.05) is 18.3 Å². The third-order valence-corrected chi connectivity index (χ3v) is 4.01. The molecule has 0 saturated heterocycles. The van der Waals surface area contributed by atoms with Gasteiger partial charge in [0, 0.05) is 11.4 Å². The van der Waals surface area contributed by atoms with Crippen LogP contribution in [0, 0.1) is 0 Å². The molecule has 0 bridgehead atoms. The van der Waals surface area contributed by atoms with E-state index in [0.717, 1.165) is 11.3 Å². The predicted molar refractivity (Wildman–Crippen MR) is 79.5 cm³/mol. The Bertz CT molecular complexity index is 368. The molecular weight excluding hydrogens is 266 g/mol. The number of aliphatic carboxylic acids is 1. The van der Waals surface area contributed by atoms with Crippen LogP contribution in [0.2, 0.25) is 0 Å². The number of nitrogens with one attached hydrogen (secondary N) is 1. The molecule has 1 aromatic rings. The molecule has 0 saturated carbocycles. The van der Waals surface area contributed by atoms with Gasteiger partial charge in [-0.3, -0.25) is 4.79 Å². The summed E-state index contributed by atoms with van der Waals surface area (Å²) in [6, 6.07) is 7.72. The second-order valence-electron chi connectivity index (χ2n) is 3.90. The average Bonchev–Trinajstić information content (AvgIpc) is 2.39. The number of carboxylic acids is 1. The minimum atomic E-state index is -0.773. The Balaban J connectivity index is 2.47. The van der Waals surface area contributed by atoms with Crippen molar-refractivity contribution in [3.8, 4) is 0 Å². The summed E-state index contributed by atoms with van der Waals surface area (Å²) in [6.45, 7) is 0.597. The summed E-state index contributed by atoms with van der Waals surface area (Å²) < 4.78 is 0. The number of hydrogen-bond donors (Lipinski definition) is 2. The largest absolute Gasteiger partial charge is 0.480 e. The van der Waals surface area contributed by atoms with Crippen LogP contribution in [-0.2, 0) is 11.3 Å². The Morgan fingerprint density at radius 2 is 2.00 bits per heavy atom. The second kappa shape index (κ2) is 8.45. The van der Waals surface area contributed by atoms with Crippen molar-refractivity contribution in [3.63, 3.8) is 0 Å². The topological polar surface area (TPSA) is 49.3 Å². The Hall–Kier alpha value is -0.650. The molecule has 5 heteroatoms. The van der Waals surface area contributed by atoms with Gasteiger partial charge < -0.3 is 10.4 Å². The van der Waals surface area contributed by atoms with Gasteiger partial charge in [-0.25, -0.2) is 0 Å². The Morgan fingerprint density at radius 3 is 2.50 bits per heavy atom. The first kappa shape index (κ1) is 15.4. The zero-order valence-corrected chi connectivity index (χ0v) is 12.3. The van der Waals surface area contributed by atoms with Gasteiger partial charge in [0.05, 0.1) is 0 Å². The lowest BCUT2D eigenvalue weighted by atomic mass is 10.2. The quantitative estimate of drug-likeness (QED) is 0.719. The van der Waals surface area contributed by atoms with Gasteiger partial charge in [-0.1, -0.05) is 12.1 Å². The van der Waals surface area contributed by atoms with Crippen molar-refractivity contribution in [3.05, 3.63) is 29.8 Å². The minimum absolute atomic E-state index is 0.460. The fourth-order valence-corrected chi connectivity index (χ4v) is 2.41. The lowest BCUT2D eigenvalue weighted by molar-refractivity contribution is -0.139. The molecule has 1 aromatic carbocycles. The molecule has 0 fully saturated rings. The van der Waals surface area contributed by atoms with Gasteiger partial charge in [0.2, 0.25) is 0 Å². The highest BCUT2D eigenvalue weighted by Crippen LogP contribution is 2.14. The normalized spacial score (nSPS) is 12.3. The number of benzene rings is 1. The van der Waals surface area contributed by atoms with Crippen LogP contribution in [-0.4, -0.2) is 35.4 Å². The van der Waals surface area contributed by atoms with Crippen molar-refractivity contribution in [2.45, 2.75) is 23.9 Å². The van der Waals surface area contributed by atoms with Crippen LogP contribution in [0.1, 0.15) is 12.0 Å². The molecule has 0 aliphatic heterocycles. The Kier molecular flexibility index (Phi) is 7.23. The van der Waals surface area contributed by atoms with Gasteiger partial charge in [0.1, 0.15) is 6.04 Å². The van der Waals surface area contributed by atoms with E-state index in [1.807, 2.05) is 24.6 Å². The first-order valence-electron chi connectivity index (χ1n) is 5.75. The molecule has 0 heterocycles. The summed E-state index contributed by atoms with van der Waals surface area (Å²) in [7, 11) is 0.